The quantitative estimate of drug-likeness (QED) is 0.767. The summed E-state index contributed by atoms with van der Waals surface area (Å²) in [5.74, 6) is 2.15. The minimum Gasteiger partial charge on any atom is -0.495 e. The smallest absolute Gasteiger partial charge is 0.225 e. The Balaban J connectivity index is 2.10. The molecule has 0 spiro atoms. The zero-order chi connectivity index (χ0) is 14.8. The number of fused-ring (bicyclic) bond motifs is 1. The van der Waals surface area contributed by atoms with Crippen LogP contribution in [0.2, 0.25) is 0 Å². The fourth-order valence-electron chi connectivity index (χ4n) is 2.12. The third-order valence-corrected chi connectivity index (χ3v) is 4.04. The summed E-state index contributed by atoms with van der Waals surface area (Å²) in [6, 6.07) is 9.87. The summed E-state index contributed by atoms with van der Waals surface area (Å²) in [6.07, 6.45) is 0. The Hall–Kier alpha value is -2.34. The van der Waals surface area contributed by atoms with Crippen molar-refractivity contribution in [1.29, 1.82) is 0 Å². The van der Waals surface area contributed by atoms with Crippen molar-refractivity contribution in [1.82, 2.24) is 9.97 Å². The van der Waals surface area contributed by atoms with Crippen LogP contribution in [0.15, 0.2) is 30.3 Å². The van der Waals surface area contributed by atoms with Gasteiger partial charge in [0.25, 0.3) is 0 Å². The van der Waals surface area contributed by atoms with Crippen LogP contribution in [0.3, 0.4) is 0 Å². The van der Waals surface area contributed by atoms with Crippen molar-refractivity contribution in [2.24, 2.45) is 0 Å². The maximum atomic E-state index is 5.37. The van der Waals surface area contributed by atoms with Gasteiger partial charge in [-0.05, 0) is 25.1 Å². The van der Waals surface area contributed by atoms with E-state index >= 15 is 0 Å². The number of anilines is 3. The topological polar surface area (TPSA) is 59.1 Å². The second-order valence-corrected chi connectivity index (χ2v) is 5.78. The molecule has 108 valence electrons. The minimum atomic E-state index is 0.599. The Morgan fingerprint density at radius 3 is 2.76 bits per heavy atom. The number of thiophene rings is 1. The van der Waals surface area contributed by atoms with Crippen molar-refractivity contribution < 1.29 is 4.74 Å². The molecule has 3 aromatic rings. The molecule has 2 aromatic heterocycles. The van der Waals surface area contributed by atoms with Crippen LogP contribution in [0.5, 0.6) is 5.75 Å². The molecule has 0 atom stereocenters. The molecule has 0 fully saturated rings. The fraction of sp³-hybridized carbons (Fsp3) is 0.200. The SMILES string of the molecule is CNc1nc(Nc2ccccc2OC)c2cc(C)sc2n1. The van der Waals surface area contributed by atoms with E-state index < -0.39 is 0 Å². The van der Waals surface area contributed by atoms with Crippen molar-refractivity contribution >= 4 is 39.0 Å². The lowest BCUT2D eigenvalue weighted by Crippen LogP contribution is -2.01. The third-order valence-electron chi connectivity index (χ3n) is 3.10. The Morgan fingerprint density at radius 1 is 1.19 bits per heavy atom. The van der Waals surface area contributed by atoms with Crippen molar-refractivity contribution in [3.8, 4) is 5.75 Å². The van der Waals surface area contributed by atoms with Gasteiger partial charge in [0.2, 0.25) is 5.95 Å². The second-order valence-electron chi connectivity index (χ2n) is 4.55. The first kappa shape index (κ1) is 13.6. The van der Waals surface area contributed by atoms with Crippen LogP contribution in [-0.4, -0.2) is 24.1 Å². The summed E-state index contributed by atoms with van der Waals surface area (Å²) < 4.78 is 5.37. The summed E-state index contributed by atoms with van der Waals surface area (Å²) in [7, 11) is 3.47. The molecule has 0 amide bonds. The van der Waals surface area contributed by atoms with Gasteiger partial charge in [-0.25, -0.2) is 4.98 Å². The molecule has 2 heterocycles. The molecule has 0 saturated heterocycles. The molecule has 21 heavy (non-hydrogen) atoms. The number of benzene rings is 1. The lowest BCUT2D eigenvalue weighted by molar-refractivity contribution is 0.417. The Labute approximate surface area is 127 Å². The number of nitrogens with one attached hydrogen (secondary N) is 2. The van der Waals surface area contributed by atoms with Crippen molar-refractivity contribution in [3.05, 3.63) is 35.2 Å². The normalized spacial score (nSPS) is 10.6. The predicted octanol–water partition coefficient (Wildman–Crippen LogP) is 3.79. The zero-order valence-electron chi connectivity index (χ0n) is 12.1. The van der Waals surface area contributed by atoms with E-state index in [-0.39, 0.29) is 0 Å². The number of ether oxygens (including phenoxy) is 1. The van der Waals surface area contributed by atoms with E-state index in [1.165, 1.54) is 4.88 Å². The molecule has 0 unspecified atom stereocenters. The highest BCUT2D eigenvalue weighted by Gasteiger charge is 2.12. The maximum Gasteiger partial charge on any atom is 0.225 e. The highest BCUT2D eigenvalue weighted by molar-refractivity contribution is 7.18. The predicted molar refractivity (Wildman–Crippen MR) is 88.0 cm³/mol. The van der Waals surface area contributed by atoms with E-state index in [0.29, 0.717) is 5.95 Å². The van der Waals surface area contributed by atoms with Crippen molar-refractivity contribution in [3.63, 3.8) is 0 Å². The van der Waals surface area contributed by atoms with Gasteiger partial charge in [-0.1, -0.05) is 12.1 Å². The highest BCUT2D eigenvalue weighted by atomic mass is 32.1. The standard InChI is InChI=1S/C15H16N4OS/c1-9-8-10-13(18-15(16-2)19-14(10)21-9)17-11-6-4-5-7-12(11)20-3/h4-8H,1-3H3,(H2,16,17,18,19). The molecule has 2 N–H and O–H groups in total. The first-order valence-electron chi connectivity index (χ1n) is 6.57. The van der Waals surface area contributed by atoms with Gasteiger partial charge in [0.15, 0.2) is 0 Å². The number of rotatable bonds is 4. The molecule has 0 aliphatic carbocycles. The molecule has 0 bridgehead atoms. The summed E-state index contributed by atoms with van der Waals surface area (Å²) in [5, 5.41) is 7.36. The summed E-state index contributed by atoms with van der Waals surface area (Å²) in [5.41, 5.74) is 0.880. The van der Waals surface area contributed by atoms with Crippen LogP contribution >= 0.6 is 11.3 Å². The molecule has 6 heteroatoms. The third kappa shape index (κ3) is 2.62. The van der Waals surface area contributed by atoms with Gasteiger partial charge >= 0.3 is 0 Å². The fourth-order valence-corrected chi connectivity index (χ4v) is 3.00. The molecule has 5 nitrogen and oxygen atoms in total. The van der Waals surface area contributed by atoms with Crippen molar-refractivity contribution in [2.75, 3.05) is 24.8 Å². The van der Waals surface area contributed by atoms with Crippen LogP contribution in [0.1, 0.15) is 4.88 Å². The number of hydrogen-bond donors (Lipinski definition) is 2. The van der Waals surface area contributed by atoms with Gasteiger partial charge in [-0.3, -0.25) is 0 Å². The molecular formula is C15H16N4OS. The average molecular weight is 300 g/mol. The number of methoxy groups -OCH3 is 1. The Bertz CT molecular complexity index is 784. The number of aromatic nitrogens is 2. The monoisotopic (exact) mass is 300 g/mol. The molecule has 3 rings (SSSR count). The molecule has 0 aliphatic rings. The van der Waals surface area contributed by atoms with E-state index in [2.05, 4.69) is 33.6 Å². The zero-order valence-corrected chi connectivity index (χ0v) is 12.9. The second kappa shape index (κ2) is 5.57. The lowest BCUT2D eigenvalue weighted by Gasteiger charge is -2.11. The largest absolute Gasteiger partial charge is 0.495 e. The van der Waals surface area contributed by atoms with Crippen LogP contribution in [-0.2, 0) is 0 Å². The summed E-state index contributed by atoms with van der Waals surface area (Å²) in [4.78, 5) is 11.2. The van der Waals surface area contributed by atoms with Crippen LogP contribution in [0, 0.1) is 6.92 Å². The van der Waals surface area contributed by atoms with Gasteiger partial charge in [0.05, 0.1) is 18.2 Å². The van der Waals surface area contributed by atoms with E-state index in [0.717, 1.165) is 27.5 Å². The molecule has 1 aromatic carbocycles. The first-order chi connectivity index (χ1) is 10.2. The molecule has 0 saturated carbocycles. The van der Waals surface area contributed by atoms with Gasteiger partial charge < -0.3 is 15.4 Å². The Morgan fingerprint density at radius 2 is 2.00 bits per heavy atom. The van der Waals surface area contributed by atoms with E-state index in [1.807, 2.05) is 31.3 Å². The molecule has 0 aliphatic heterocycles. The van der Waals surface area contributed by atoms with E-state index in [9.17, 15) is 0 Å². The average Bonchev–Trinajstić information content (AvgIpc) is 2.88. The molecule has 0 radical (unpaired) electrons. The minimum absolute atomic E-state index is 0.599. The van der Waals surface area contributed by atoms with Crippen LogP contribution < -0.4 is 15.4 Å². The lowest BCUT2D eigenvalue weighted by atomic mass is 10.2. The van der Waals surface area contributed by atoms with Gasteiger partial charge in [0, 0.05) is 11.9 Å². The van der Waals surface area contributed by atoms with Crippen LogP contribution in [0.25, 0.3) is 10.2 Å². The van der Waals surface area contributed by atoms with Crippen molar-refractivity contribution in [2.45, 2.75) is 6.92 Å². The van der Waals surface area contributed by atoms with E-state index in [4.69, 9.17) is 4.74 Å². The summed E-state index contributed by atoms with van der Waals surface area (Å²) >= 11 is 1.65. The number of aryl methyl sites for hydroxylation is 1. The summed E-state index contributed by atoms with van der Waals surface area (Å²) in [6.45, 7) is 2.07. The molecular weight excluding hydrogens is 284 g/mol. The van der Waals surface area contributed by atoms with Gasteiger partial charge in [0.1, 0.15) is 16.4 Å². The Kier molecular flexibility index (Phi) is 3.62. The number of para-hydroxylation sites is 2. The number of nitrogens with zero attached hydrogens (tertiary/aromatic N) is 2. The first-order valence-corrected chi connectivity index (χ1v) is 7.39. The maximum absolute atomic E-state index is 5.37. The highest BCUT2D eigenvalue weighted by Crippen LogP contribution is 2.33. The number of hydrogen-bond acceptors (Lipinski definition) is 6. The van der Waals surface area contributed by atoms with Crippen LogP contribution in [0.4, 0.5) is 17.5 Å². The van der Waals surface area contributed by atoms with Gasteiger partial charge in [-0.15, -0.1) is 11.3 Å². The van der Waals surface area contributed by atoms with Gasteiger partial charge in [-0.2, -0.15) is 4.98 Å². The van der Waals surface area contributed by atoms with E-state index in [1.54, 1.807) is 18.4 Å².